The van der Waals surface area contributed by atoms with E-state index in [1.54, 1.807) is 6.20 Å². The third-order valence-corrected chi connectivity index (χ3v) is 1.34. The molecule has 2 radical (unpaired) electrons. The Hall–Kier alpha value is -1.09. The molecule has 1 aliphatic heterocycles. The first-order valence-corrected chi connectivity index (χ1v) is 3.05. The SMILES string of the molecule is [C]1NCc2ncccc2O1. The summed E-state index contributed by atoms with van der Waals surface area (Å²) in [5.74, 6) is 0.793. The van der Waals surface area contributed by atoms with Crippen LogP contribution >= 0.6 is 0 Å². The van der Waals surface area contributed by atoms with E-state index in [2.05, 4.69) is 17.0 Å². The number of nitrogens with zero attached hydrogens (tertiary/aromatic N) is 1. The van der Waals surface area contributed by atoms with Crippen molar-refractivity contribution in [1.29, 1.82) is 0 Å². The highest BCUT2D eigenvalue weighted by Gasteiger charge is 2.09. The summed E-state index contributed by atoms with van der Waals surface area (Å²) < 4.78 is 5.00. The van der Waals surface area contributed by atoms with Crippen LogP contribution in [0.3, 0.4) is 0 Å². The van der Waals surface area contributed by atoms with E-state index in [0.717, 1.165) is 11.4 Å². The maximum Gasteiger partial charge on any atom is 0.280 e. The minimum Gasteiger partial charge on any atom is -0.458 e. The van der Waals surface area contributed by atoms with Crippen LogP contribution in [-0.2, 0) is 6.54 Å². The average molecular weight is 134 g/mol. The Bertz CT molecular complexity index is 212. The second-order valence-electron chi connectivity index (χ2n) is 2.01. The number of hydrogen-bond donors (Lipinski definition) is 1. The van der Waals surface area contributed by atoms with Crippen molar-refractivity contribution < 1.29 is 4.74 Å². The van der Waals surface area contributed by atoms with E-state index in [0.29, 0.717) is 6.54 Å². The van der Waals surface area contributed by atoms with E-state index in [9.17, 15) is 0 Å². The molecule has 3 heteroatoms. The third-order valence-electron chi connectivity index (χ3n) is 1.34. The Morgan fingerprint density at radius 2 is 2.70 bits per heavy atom. The zero-order chi connectivity index (χ0) is 6.81. The molecule has 0 unspecified atom stereocenters. The van der Waals surface area contributed by atoms with Crippen molar-refractivity contribution in [3.8, 4) is 5.75 Å². The summed E-state index contributed by atoms with van der Waals surface area (Å²) in [5.41, 5.74) is 0.932. The fourth-order valence-corrected chi connectivity index (χ4v) is 0.860. The number of nitrogens with one attached hydrogen (secondary N) is 1. The first kappa shape index (κ1) is 5.68. The molecule has 1 aromatic rings. The minimum absolute atomic E-state index is 0.705. The van der Waals surface area contributed by atoms with E-state index >= 15 is 0 Å². The molecule has 50 valence electrons. The Balaban J connectivity index is 2.41. The molecule has 1 N–H and O–H groups in total. The third kappa shape index (κ3) is 0.844. The Labute approximate surface area is 59.0 Å². The quantitative estimate of drug-likeness (QED) is 0.563. The molecule has 2 rings (SSSR count). The first-order valence-electron chi connectivity index (χ1n) is 3.05. The van der Waals surface area contributed by atoms with E-state index in [-0.39, 0.29) is 0 Å². The number of pyridine rings is 1. The van der Waals surface area contributed by atoms with E-state index < -0.39 is 0 Å². The highest BCUT2D eigenvalue weighted by Crippen LogP contribution is 2.18. The van der Waals surface area contributed by atoms with Gasteiger partial charge in [-0.25, -0.2) is 0 Å². The summed E-state index contributed by atoms with van der Waals surface area (Å²) in [7, 11) is 0. The summed E-state index contributed by atoms with van der Waals surface area (Å²) in [4.78, 5) is 4.09. The van der Waals surface area contributed by atoms with Gasteiger partial charge in [-0.15, -0.1) is 0 Å². The molecule has 0 bridgehead atoms. The second-order valence-corrected chi connectivity index (χ2v) is 2.01. The van der Waals surface area contributed by atoms with Gasteiger partial charge in [0.2, 0.25) is 0 Å². The molecule has 0 fully saturated rings. The van der Waals surface area contributed by atoms with Crippen LogP contribution in [0.4, 0.5) is 0 Å². The standard InChI is InChI=1S/C7H6N2O/c1-2-7-6(9-3-1)4-8-5-10-7/h1-3,8H,4H2. The number of aromatic nitrogens is 1. The molecule has 0 amide bonds. The summed E-state index contributed by atoms with van der Waals surface area (Å²) in [5, 5.41) is 2.81. The second kappa shape index (κ2) is 2.27. The fraction of sp³-hybridized carbons (Fsp3) is 0.143. The normalized spacial score (nSPS) is 15.6. The van der Waals surface area contributed by atoms with E-state index in [4.69, 9.17) is 4.74 Å². The maximum absolute atomic E-state index is 5.00. The average Bonchev–Trinajstić information content (AvgIpc) is 2.05. The van der Waals surface area contributed by atoms with Gasteiger partial charge in [-0.2, -0.15) is 0 Å². The Kier molecular flexibility index (Phi) is 1.29. The van der Waals surface area contributed by atoms with Crippen LogP contribution in [0, 0.1) is 6.73 Å². The highest BCUT2D eigenvalue weighted by atomic mass is 16.5. The van der Waals surface area contributed by atoms with Crippen LogP contribution in [0.15, 0.2) is 18.3 Å². The van der Waals surface area contributed by atoms with Gasteiger partial charge in [0.05, 0.1) is 5.69 Å². The molecule has 0 saturated heterocycles. The lowest BCUT2D eigenvalue weighted by Gasteiger charge is -2.13. The smallest absolute Gasteiger partial charge is 0.280 e. The fourth-order valence-electron chi connectivity index (χ4n) is 0.860. The minimum atomic E-state index is 0.705. The topological polar surface area (TPSA) is 34.2 Å². The van der Waals surface area contributed by atoms with Crippen LogP contribution in [-0.4, -0.2) is 4.98 Å². The highest BCUT2D eigenvalue weighted by molar-refractivity contribution is 5.28. The molecular formula is C7H6N2O. The molecule has 0 aliphatic carbocycles. The van der Waals surface area contributed by atoms with Crippen molar-refractivity contribution in [2.75, 3.05) is 0 Å². The lowest BCUT2D eigenvalue weighted by atomic mass is 10.3. The van der Waals surface area contributed by atoms with Crippen LogP contribution < -0.4 is 10.1 Å². The maximum atomic E-state index is 5.00. The monoisotopic (exact) mass is 134 g/mol. The molecule has 0 saturated carbocycles. The number of ether oxygens (including phenoxy) is 1. The van der Waals surface area contributed by atoms with Crippen molar-refractivity contribution in [3.63, 3.8) is 0 Å². The van der Waals surface area contributed by atoms with Crippen molar-refractivity contribution in [1.82, 2.24) is 10.3 Å². The predicted molar refractivity (Wildman–Crippen MR) is 34.9 cm³/mol. The molecule has 1 aliphatic rings. The largest absolute Gasteiger partial charge is 0.458 e. The molecule has 0 atom stereocenters. The first-order chi connectivity index (χ1) is 4.97. The summed E-state index contributed by atoms with van der Waals surface area (Å²) >= 11 is 0. The number of fused-ring (bicyclic) bond motifs is 1. The Morgan fingerprint density at radius 3 is 3.60 bits per heavy atom. The molecule has 1 aromatic heterocycles. The van der Waals surface area contributed by atoms with Gasteiger partial charge in [-0.3, -0.25) is 10.3 Å². The molecule has 3 nitrogen and oxygen atoms in total. The van der Waals surface area contributed by atoms with Crippen molar-refractivity contribution in [3.05, 3.63) is 30.8 Å². The van der Waals surface area contributed by atoms with Crippen molar-refractivity contribution in [2.24, 2.45) is 0 Å². The van der Waals surface area contributed by atoms with Crippen LogP contribution in [0.5, 0.6) is 5.75 Å². The predicted octanol–water partition coefficient (Wildman–Crippen LogP) is 0.560. The zero-order valence-corrected chi connectivity index (χ0v) is 5.29. The van der Waals surface area contributed by atoms with E-state index in [1.165, 1.54) is 0 Å². The molecule has 0 aromatic carbocycles. The van der Waals surface area contributed by atoms with Crippen molar-refractivity contribution >= 4 is 0 Å². The zero-order valence-electron chi connectivity index (χ0n) is 5.29. The Morgan fingerprint density at radius 1 is 1.70 bits per heavy atom. The van der Waals surface area contributed by atoms with Crippen LogP contribution in [0.1, 0.15) is 5.69 Å². The summed E-state index contributed by atoms with van der Waals surface area (Å²) in [6, 6.07) is 3.71. The van der Waals surface area contributed by atoms with Gasteiger partial charge in [0.25, 0.3) is 6.73 Å². The van der Waals surface area contributed by atoms with Gasteiger partial charge in [0.1, 0.15) is 5.75 Å². The molecule has 10 heavy (non-hydrogen) atoms. The van der Waals surface area contributed by atoms with Gasteiger partial charge in [-0.05, 0) is 12.1 Å². The van der Waals surface area contributed by atoms with Crippen LogP contribution in [0.25, 0.3) is 0 Å². The molecule has 2 heterocycles. The number of hydrogen-bond acceptors (Lipinski definition) is 3. The van der Waals surface area contributed by atoms with Gasteiger partial charge in [0.15, 0.2) is 0 Å². The van der Waals surface area contributed by atoms with Gasteiger partial charge < -0.3 is 4.74 Å². The summed E-state index contributed by atoms with van der Waals surface area (Å²) in [6.07, 6.45) is 1.75. The van der Waals surface area contributed by atoms with Crippen LogP contribution in [0.2, 0.25) is 0 Å². The number of rotatable bonds is 0. The van der Waals surface area contributed by atoms with Gasteiger partial charge >= 0.3 is 0 Å². The van der Waals surface area contributed by atoms with Crippen molar-refractivity contribution in [2.45, 2.75) is 6.54 Å². The lowest BCUT2D eigenvalue weighted by Crippen LogP contribution is -2.20. The molecule has 0 spiro atoms. The lowest BCUT2D eigenvalue weighted by molar-refractivity contribution is 0.333. The molecular weight excluding hydrogens is 128 g/mol. The van der Waals surface area contributed by atoms with E-state index in [1.807, 2.05) is 12.1 Å². The van der Waals surface area contributed by atoms with Gasteiger partial charge in [0, 0.05) is 12.7 Å². The van der Waals surface area contributed by atoms with Gasteiger partial charge in [-0.1, -0.05) is 0 Å². The summed E-state index contributed by atoms with van der Waals surface area (Å²) in [6.45, 7) is 3.26.